The van der Waals surface area contributed by atoms with Crippen LogP contribution in [0.3, 0.4) is 0 Å². The average molecular weight is 220 g/mol. The van der Waals surface area contributed by atoms with Gasteiger partial charge in [-0.2, -0.15) is 0 Å². The molecule has 0 heterocycles. The zero-order valence-electron chi connectivity index (χ0n) is 9.27. The quantitative estimate of drug-likeness (QED) is 0.771. The minimum atomic E-state index is -0.160. The van der Waals surface area contributed by atoms with Gasteiger partial charge < -0.3 is 5.11 Å². The summed E-state index contributed by atoms with van der Waals surface area (Å²) < 4.78 is 12.9. The lowest BCUT2D eigenvalue weighted by Gasteiger charge is -2.33. The summed E-state index contributed by atoms with van der Waals surface area (Å²) in [6, 6.07) is 6.95. The number of aliphatic hydroxyl groups is 1. The Morgan fingerprint density at radius 1 is 1.00 bits per heavy atom. The van der Waals surface area contributed by atoms with Crippen LogP contribution in [0.1, 0.15) is 37.2 Å². The van der Waals surface area contributed by atoms with E-state index in [1.54, 1.807) is 12.1 Å². The summed E-state index contributed by atoms with van der Waals surface area (Å²) in [6.45, 7) is 0. The second kappa shape index (κ2) is 3.85. The smallest absolute Gasteiger partial charge is 0.123 e. The van der Waals surface area contributed by atoms with Gasteiger partial charge in [-0.15, -0.1) is 0 Å². The first-order chi connectivity index (χ1) is 7.74. The molecule has 1 aromatic carbocycles. The van der Waals surface area contributed by atoms with Crippen molar-refractivity contribution in [2.75, 3.05) is 0 Å². The monoisotopic (exact) mass is 220 g/mol. The third kappa shape index (κ3) is 1.65. The van der Waals surface area contributed by atoms with Gasteiger partial charge in [-0.3, -0.25) is 0 Å². The molecule has 1 aromatic rings. The molecular weight excluding hydrogens is 203 g/mol. The molecule has 1 N–H and O–H groups in total. The Kier molecular flexibility index (Phi) is 2.47. The van der Waals surface area contributed by atoms with Crippen LogP contribution in [0.15, 0.2) is 24.3 Å². The summed E-state index contributed by atoms with van der Waals surface area (Å²) in [5, 5.41) is 9.74. The molecule has 0 amide bonds. The number of halogens is 1. The number of hydrogen-bond donors (Lipinski definition) is 1. The molecule has 1 nitrogen and oxygen atoms in total. The highest BCUT2D eigenvalue weighted by molar-refractivity contribution is 5.24. The zero-order valence-corrected chi connectivity index (χ0v) is 9.27. The summed E-state index contributed by atoms with van der Waals surface area (Å²) in [6.07, 6.45) is 4.21. The summed E-state index contributed by atoms with van der Waals surface area (Å²) in [5.41, 5.74) is 1.26. The predicted molar refractivity (Wildman–Crippen MR) is 60.6 cm³/mol. The van der Waals surface area contributed by atoms with Crippen LogP contribution in [0, 0.1) is 17.7 Å². The highest BCUT2D eigenvalue weighted by Gasteiger charge is 2.42. The predicted octanol–water partition coefficient (Wildman–Crippen LogP) is 3.09. The summed E-state index contributed by atoms with van der Waals surface area (Å²) >= 11 is 0. The van der Waals surface area contributed by atoms with Crippen LogP contribution in [-0.4, -0.2) is 11.2 Å². The maximum atomic E-state index is 12.9. The fourth-order valence-electron chi connectivity index (χ4n) is 3.73. The van der Waals surface area contributed by atoms with Crippen molar-refractivity contribution in [1.82, 2.24) is 0 Å². The molecule has 0 spiro atoms. The summed E-state index contributed by atoms with van der Waals surface area (Å²) in [7, 11) is 0. The van der Waals surface area contributed by atoms with E-state index in [0.717, 1.165) is 12.8 Å². The van der Waals surface area contributed by atoms with E-state index in [2.05, 4.69) is 0 Å². The Bertz CT molecular complexity index is 359. The van der Waals surface area contributed by atoms with Crippen molar-refractivity contribution >= 4 is 0 Å². The standard InChI is InChI=1S/C14H17FO/c15-12-5-3-9(4-6-12)14-10-1-2-11(14)8-13(16)7-10/h3-6,10-11,13-14,16H,1-2,7-8H2. The van der Waals surface area contributed by atoms with Crippen molar-refractivity contribution < 1.29 is 9.50 Å². The third-order valence-corrected chi connectivity index (χ3v) is 4.33. The lowest BCUT2D eigenvalue weighted by Crippen LogP contribution is -2.27. The van der Waals surface area contributed by atoms with Crippen LogP contribution in [0.25, 0.3) is 0 Å². The molecule has 2 heteroatoms. The molecule has 0 aromatic heterocycles. The van der Waals surface area contributed by atoms with Crippen molar-refractivity contribution in [2.45, 2.75) is 37.7 Å². The van der Waals surface area contributed by atoms with Crippen LogP contribution < -0.4 is 0 Å². The van der Waals surface area contributed by atoms with Crippen molar-refractivity contribution in [2.24, 2.45) is 11.8 Å². The summed E-state index contributed by atoms with van der Waals surface area (Å²) in [5.74, 6) is 1.62. The first kappa shape index (κ1) is 10.3. The first-order valence-electron chi connectivity index (χ1n) is 6.17. The Morgan fingerprint density at radius 3 is 2.12 bits per heavy atom. The Hall–Kier alpha value is -0.890. The summed E-state index contributed by atoms with van der Waals surface area (Å²) in [4.78, 5) is 0. The van der Waals surface area contributed by atoms with Gasteiger partial charge in [-0.05, 0) is 61.1 Å². The molecule has 0 radical (unpaired) electrons. The number of hydrogen-bond acceptors (Lipinski definition) is 1. The lowest BCUT2D eigenvalue weighted by atomic mass is 9.74. The van der Waals surface area contributed by atoms with Gasteiger partial charge in [0.15, 0.2) is 0 Å². The Labute approximate surface area is 95.3 Å². The van der Waals surface area contributed by atoms with Gasteiger partial charge >= 0.3 is 0 Å². The molecule has 2 aliphatic rings. The molecule has 2 fully saturated rings. The maximum Gasteiger partial charge on any atom is 0.123 e. The Balaban J connectivity index is 1.88. The highest BCUT2D eigenvalue weighted by atomic mass is 19.1. The molecule has 0 saturated heterocycles. The topological polar surface area (TPSA) is 20.2 Å². The minimum Gasteiger partial charge on any atom is -0.393 e. The third-order valence-electron chi connectivity index (χ3n) is 4.33. The van der Waals surface area contributed by atoms with Crippen molar-refractivity contribution in [3.8, 4) is 0 Å². The van der Waals surface area contributed by atoms with Gasteiger partial charge in [0.05, 0.1) is 6.10 Å². The van der Waals surface area contributed by atoms with Crippen LogP contribution in [0.2, 0.25) is 0 Å². The SMILES string of the molecule is OC1CC2CCC(C1)C2c1ccc(F)cc1. The van der Waals surface area contributed by atoms with Gasteiger partial charge in [0.25, 0.3) is 0 Å². The number of fused-ring (bicyclic) bond motifs is 2. The van der Waals surface area contributed by atoms with Gasteiger partial charge in [-0.1, -0.05) is 12.1 Å². The second-order valence-corrected chi connectivity index (χ2v) is 5.30. The van der Waals surface area contributed by atoms with E-state index in [9.17, 15) is 9.50 Å². The molecule has 86 valence electrons. The first-order valence-corrected chi connectivity index (χ1v) is 6.17. The van der Waals surface area contributed by atoms with E-state index in [4.69, 9.17) is 0 Å². The van der Waals surface area contributed by atoms with E-state index >= 15 is 0 Å². The molecular formula is C14H17FO. The highest BCUT2D eigenvalue weighted by Crippen LogP contribution is 2.52. The molecule has 3 rings (SSSR count). The molecule has 2 unspecified atom stereocenters. The van der Waals surface area contributed by atoms with Crippen LogP contribution in [-0.2, 0) is 0 Å². The largest absolute Gasteiger partial charge is 0.393 e. The van der Waals surface area contributed by atoms with Crippen molar-refractivity contribution in [3.63, 3.8) is 0 Å². The van der Waals surface area contributed by atoms with E-state index in [-0.39, 0.29) is 11.9 Å². The minimum absolute atomic E-state index is 0.103. The van der Waals surface area contributed by atoms with Crippen LogP contribution >= 0.6 is 0 Å². The molecule has 2 saturated carbocycles. The number of rotatable bonds is 1. The molecule has 16 heavy (non-hydrogen) atoms. The van der Waals surface area contributed by atoms with Gasteiger partial charge in [0.1, 0.15) is 5.82 Å². The molecule has 0 aliphatic heterocycles. The molecule has 2 atom stereocenters. The fraction of sp³-hybridized carbons (Fsp3) is 0.571. The van der Waals surface area contributed by atoms with Crippen molar-refractivity contribution in [3.05, 3.63) is 35.6 Å². The van der Waals surface area contributed by atoms with E-state index in [0.29, 0.717) is 17.8 Å². The second-order valence-electron chi connectivity index (χ2n) is 5.30. The van der Waals surface area contributed by atoms with Gasteiger partial charge in [0, 0.05) is 0 Å². The zero-order chi connectivity index (χ0) is 11.1. The van der Waals surface area contributed by atoms with E-state index in [1.807, 2.05) is 12.1 Å². The van der Waals surface area contributed by atoms with Crippen LogP contribution in [0.4, 0.5) is 4.39 Å². The van der Waals surface area contributed by atoms with E-state index < -0.39 is 0 Å². The molecule has 2 aliphatic carbocycles. The number of benzene rings is 1. The van der Waals surface area contributed by atoms with Crippen LogP contribution in [0.5, 0.6) is 0 Å². The normalized spacial score (nSPS) is 37.6. The van der Waals surface area contributed by atoms with Crippen molar-refractivity contribution in [1.29, 1.82) is 0 Å². The fourth-order valence-corrected chi connectivity index (χ4v) is 3.73. The van der Waals surface area contributed by atoms with E-state index in [1.165, 1.54) is 18.4 Å². The lowest BCUT2D eigenvalue weighted by molar-refractivity contribution is 0.0836. The van der Waals surface area contributed by atoms with Gasteiger partial charge in [0.2, 0.25) is 0 Å². The van der Waals surface area contributed by atoms with Gasteiger partial charge in [-0.25, -0.2) is 4.39 Å². The maximum absolute atomic E-state index is 12.9. The molecule has 2 bridgehead atoms. The number of aliphatic hydroxyl groups excluding tert-OH is 1. The Morgan fingerprint density at radius 2 is 1.56 bits per heavy atom. The average Bonchev–Trinajstić information content (AvgIpc) is 2.54.